The topological polar surface area (TPSA) is 57.5 Å². The minimum atomic E-state index is -1.29. The number of hydrogen-bond acceptors (Lipinski definition) is 4. The molecule has 0 aliphatic carbocycles. The van der Waals surface area contributed by atoms with Gasteiger partial charge >= 0.3 is 0 Å². The summed E-state index contributed by atoms with van der Waals surface area (Å²) >= 11 is 1.40. The monoisotopic (exact) mass is 176 g/mol. The molecule has 0 aromatic carbocycles. The summed E-state index contributed by atoms with van der Waals surface area (Å²) in [5.41, 5.74) is 0. The minimum absolute atomic E-state index is 0.428. The molecule has 0 aromatic heterocycles. The van der Waals surface area contributed by atoms with Gasteiger partial charge in [-0.2, -0.15) is 0 Å². The maximum absolute atomic E-state index is 10.5. The van der Waals surface area contributed by atoms with E-state index < -0.39 is 18.0 Å². The zero-order valence-corrected chi connectivity index (χ0v) is 7.34. The van der Waals surface area contributed by atoms with Crippen LogP contribution in [0.4, 0.5) is 0 Å². The van der Waals surface area contributed by atoms with Gasteiger partial charge in [0.15, 0.2) is 5.78 Å². The van der Waals surface area contributed by atoms with Gasteiger partial charge < -0.3 is 10.2 Å². The molecular weight excluding hydrogens is 164 g/mol. The number of hydrogen-bond donors (Lipinski definition) is 2. The van der Waals surface area contributed by atoms with Crippen molar-refractivity contribution in [2.45, 2.75) is 19.1 Å². The highest BCUT2D eigenvalue weighted by Crippen LogP contribution is 2.01. The van der Waals surface area contributed by atoms with E-state index in [1.165, 1.54) is 24.8 Å². The van der Waals surface area contributed by atoms with Gasteiger partial charge in [-0.1, -0.05) is 0 Å². The van der Waals surface area contributed by atoms with Crippen molar-refractivity contribution >= 4 is 17.5 Å². The predicted molar refractivity (Wildman–Crippen MR) is 45.3 cm³/mol. The smallest absolute Gasteiger partial charge is 0.161 e. The van der Waals surface area contributed by atoms with E-state index in [0.717, 1.165) is 0 Å². The van der Waals surface area contributed by atoms with Crippen molar-refractivity contribution in [1.29, 1.82) is 0 Å². The summed E-state index contributed by atoms with van der Waals surface area (Å²) in [6.45, 7) is 1.24. The summed E-state index contributed by atoms with van der Waals surface area (Å²) in [7, 11) is 0. The Morgan fingerprint density at radius 1 is 1.55 bits per heavy atom. The molecule has 2 N–H and O–H groups in total. The van der Waals surface area contributed by atoms with E-state index in [0.29, 0.717) is 0 Å². The Morgan fingerprint density at radius 3 is 2.45 bits per heavy atom. The van der Waals surface area contributed by atoms with Crippen molar-refractivity contribution in [2.75, 3.05) is 6.26 Å². The van der Waals surface area contributed by atoms with Crippen LogP contribution in [0.2, 0.25) is 0 Å². The predicted octanol–water partition coefficient (Wildman–Crippen LogP) is 0.174. The van der Waals surface area contributed by atoms with E-state index >= 15 is 0 Å². The molecule has 3 nitrogen and oxygen atoms in total. The van der Waals surface area contributed by atoms with Gasteiger partial charge in [0.05, 0.1) is 0 Å². The summed E-state index contributed by atoms with van der Waals surface area (Å²) in [6, 6.07) is 0. The third-order valence-corrected chi connectivity index (χ3v) is 1.58. The van der Waals surface area contributed by atoms with Gasteiger partial charge in [-0.15, -0.1) is 11.8 Å². The van der Waals surface area contributed by atoms with E-state index in [-0.39, 0.29) is 0 Å². The van der Waals surface area contributed by atoms with Crippen LogP contribution in [-0.4, -0.2) is 34.5 Å². The van der Waals surface area contributed by atoms with E-state index in [2.05, 4.69) is 0 Å². The maximum Gasteiger partial charge on any atom is 0.161 e. The summed E-state index contributed by atoms with van der Waals surface area (Å²) in [6.07, 6.45) is 0.832. The molecule has 0 aliphatic rings. The fourth-order valence-corrected chi connectivity index (χ4v) is 0.823. The molecule has 4 heteroatoms. The second-order valence-corrected chi connectivity index (χ2v) is 2.85. The highest BCUT2D eigenvalue weighted by molar-refractivity contribution is 8.01. The third kappa shape index (κ3) is 4.19. The Kier molecular flexibility index (Phi) is 5.19. The molecule has 0 aliphatic heterocycles. The quantitative estimate of drug-likeness (QED) is 0.641. The largest absolute Gasteiger partial charge is 0.386 e. The Morgan fingerprint density at radius 2 is 2.09 bits per heavy atom. The van der Waals surface area contributed by atoms with Gasteiger partial charge in [0, 0.05) is 0 Å². The summed E-state index contributed by atoms with van der Waals surface area (Å²) in [5.74, 6) is -0.428. The fraction of sp³-hybridized carbons (Fsp3) is 0.571. The molecule has 0 heterocycles. The van der Waals surface area contributed by atoms with E-state index in [9.17, 15) is 4.79 Å². The summed E-state index contributed by atoms with van der Waals surface area (Å²) in [5, 5.41) is 19.6. The highest BCUT2D eigenvalue weighted by atomic mass is 32.2. The van der Waals surface area contributed by atoms with Crippen LogP contribution < -0.4 is 0 Å². The van der Waals surface area contributed by atoms with Gasteiger partial charge in [-0.05, 0) is 24.7 Å². The van der Waals surface area contributed by atoms with Crippen LogP contribution >= 0.6 is 11.8 Å². The lowest BCUT2D eigenvalue weighted by atomic mass is 10.1. The molecular formula is C7H12O3S. The lowest BCUT2D eigenvalue weighted by molar-refractivity contribution is -0.128. The highest BCUT2D eigenvalue weighted by Gasteiger charge is 2.17. The summed E-state index contributed by atoms with van der Waals surface area (Å²) in [4.78, 5) is 10.5. The average molecular weight is 176 g/mol. The number of thioether (sulfide) groups is 1. The SMILES string of the molecule is CS/C=C/C(O)C(O)C(C)=O. The van der Waals surface area contributed by atoms with Crippen LogP contribution in [0.5, 0.6) is 0 Å². The van der Waals surface area contributed by atoms with Crippen LogP contribution in [-0.2, 0) is 4.79 Å². The number of carbonyl (C=O) groups excluding carboxylic acids is 1. The molecule has 11 heavy (non-hydrogen) atoms. The number of carbonyl (C=O) groups is 1. The maximum atomic E-state index is 10.5. The lowest BCUT2D eigenvalue weighted by Crippen LogP contribution is -2.30. The zero-order valence-electron chi connectivity index (χ0n) is 6.52. The Bertz CT molecular complexity index is 156. The Balaban J connectivity index is 3.91. The van der Waals surface area contributed by atoms with Crippen molar-refractivity contribution in [1.82, 2.24) is 0 Å². The lowest BCUT2D eigenvalue weighted by Gasteiger charge is -2.09. The molecule has 0 rings (SSSR count). The molecule has 64 valence electrons. The average Bonchev–Trinajstić information content (AvgIpc) is 1.98. The molecule has 0 aromatic rings. The number of rotatable bonds is 4. The van der Waals surface area contributed by atoms with Gasteiger partial charge in [0.2, 0.25) is 0 Å². The number of aliphatic hydroxyl groups is 2. The fourth-order valence-electron chi connectivity index (χ4n) is 0.505. The van der Waals surface area contributed by atoms with Gasteiger partial charge in [-0.25, -0.2) is 0 Å². The molecule has 2 atom stereocenters. The standard InChI is InChI=1S/C7H12O3S/c1-5(8)7(10)6(9)3-4-11-2/h3-4,6-7,9-10H,1-2H3/b4-3+. The molecule has 2 unspecified atom stereocenters. The van der Waals surface area contributed by atoms with Crippen LogP contribution in [0.15, 0.2) is 11.5 Å². The molecule has 0 amide bonds. The molecule has 0 saturated heterocycles. The first kappa shape index (κ1) is 10.7. The second-order valence-electron chi connectivity index (χ2n) is 2.11. The van der Waals surface area contributed by atoms with Crippen molar-refractivity contribution in [3.05, 3.63) is 11.5 Å². The van der Waals surface area contributed by atoms with Gasteiger partial charge in [0.1, 0.15) is 12.2 Å². The van der Waals surface area contributed by atoms with E-state index in [4.69, 9.17) is 10.2 Å². The molecule has 0 spiro atoms. The Labute approximate surface area is 70.1 Å². The molecule has 0 fully saturated rings. The normalized spacial score (nSPS) is 16.7. The number of ketones is 1. The first-order valence-corrected chi connectivity index (χ1v) is 4.44. The van der Waals surface area contributed by atoms with E-state index in [1.54, 1.807) is 5.41 Å². The molecule has 0 saturated carbocycles. The first-order valence-electron chi connectivity index (χ1n) is 3.15. The molecule has 0 radical (unpaired) electrons. The van der Waals surface area contributed by atoms with Crippen molar-refractivity contribution in [3.8, 4) is 0 Å². The Hall–Kier alpha value is -0.320. The number of aliphatic hydroxyl groups excluding tert-OH is 2. The van der Waals surface area contributed by atoms with Crippen LogP contribution in [0.3, 0.4) is 0 Å². The van der Waals surface area contributed by atoms with Crippen LogP contribution in [0.25, 0.3) is 0 Å². The van der Waals surface area contributed by atoms with Crippen molar-refractivity contribution in [3.63, 3.8) is 0 Å². The minimum Gasteiger partial charge on any atom is -0.386 e. The van der Waals surface area contributed by atoms with Gasteiger partial charge in [-0.3, -0.25) is 4.79 Å². The van der Waals surface area contributed by atoms with Crippen molar-refractivity contribution in [2.24, 2.45) is 0 Å². The van der Waals surface area contributed by atoms with Crippen molar-refractivity contribution < 1.29 is 15.0 Å². The zero-order chi connectivity index (χ0) is 8.85. The van der Waals surface area contributed by atoms with E-state index in [1.807, 2.05) is 6.26 Å². The molecule has 0 bridgehead atoms. The number of Topliss-reactive ketones (excluding diaryl/α,β-unsaturated/α-hetero) is 1. The van der Waals surface area contributed by atoms with Gasteiger partial charge in [0.25, 0.3) is 0 Å². The van der Waals surface area contributed by atoms with Crippen LogP contribution in [0.1, 0.15) is 6.92 Å². The third-order valence-electron chi connectivity index (χ3n) is 1.15. The van der Waals surface area contributed by atoms with Crippen LogP contribution in [0, 0.1) is 0 Å². The first-order chi connectivity index (χ1) is 5.09. The summed E-state index contributed by atoms with van der Waals surface area (Å²) < 4.78 is 0. The second kappa shape index (κ2) is 5.35.